The van der Waals surface area contributed by atoms with Gasteiger partial charge in [0.1, 0.15) is 10.8 Å². The highest BCUT2D eigenvalue weighted by Gasteiger charge is 2.09. The predicted molar refractivity (Wildman–Crippen MR) is 86.8 cm³/mol. The Bertz CT molecular complexity index is 751. The first-order valence-corrected chi connectivity index (χ1v) is 7.96. The van der Waals surface area contributed by atoms with Gasteiger partial charge in [-0.15, -0.1) is 11.3 Å². The molecule has 2 aromatic heterocycles. The van der Waals surface area contributed by atoms with Crippen LogP contribution in [0.5, 0.6) is 0 Å². The molecular formula is C16H13ClN2O2S. The second-order valence-corrected chi connectivity index (χ2v) is 5.98. The molecule has 0 fully saturated rings. The molecule has 0 spiro atoms. The van der Waals surface area contributed by atoms with Gasteiger partial charge in [-0.2, -0.15) is 0 Å². The number of nitrogens with one attached hydrogen (secondary N) is 1. The van der Waals surface area contributed by atoms with E-state index in [0.29, 0.717) is 11.6 Å². The summed E-state index contributed by atoms with van der Waals surface area (Å²) in [6.45, 7) is 0.389. The Labute approximate surface area is 136 Å². The lowest BCUT2D eigenvalue weighted by Gasteiger charge is -2.01. The van der Waals surface area contributed by atoms with Crippen LogP contribution in [0.2, 0.25) is 5.02 Å². The fraction of sp³-hybridized carbons (Fsp3) is 0.125. The maximum atomic E-state index is 11.9. The lowest BCUT2D eigenvalue weighted by atomic mass is 10.2. The summed E-state index contributed by atoms with van der Waals surface area (Å²) in [5.41, 5.74) is 1.75. The molecule has 0 saturated carbocycles. The second kappa shape index (κ2) is 6.77. The molecule has 112 valence electrons. The largest absolute Gasteiger partial charge is 0.467 e. The highest BCUT2D eigenvalue weighted by Crippen LogP contribution is 2.25. The monoisotopic (exact) mass is 332 g/mol. The van der Waals surface area contributed by atoms with Gasteiger partial charge < -0.3 is 9.73 Å². The Morgan fingerprint density at radius 3 is 2.82 bits per heavy atom. The number of halogens is 1. The minimum Gasteiger partial charge on any atom is -0.467 e. The smallest absolute Gasteiger partial charge is 0.226 e. The van der Waals surface area contributed by atoms with Crippen molar-refractivity contribution in [2.75, 3.05) is 0 Å². The van der Waals surface area contributed by atoms with Crippen molar-refractivity contribution in [3.63, 3.8) is 0 Å². The van der Waals surface area contributed by atoms with Crippen molar-refractivity contribution >= 4 is 28.8 Å². The number of amides is 1. The zero-order chi connectivity index (χ0) is 15.4. The van der Waals surface area contributed by atoms with Crippen LogP contribution in [0.3, 0.4) is 0 Å². The molecule has 0 radical (unpaired) electrons. The molecule has 3 aromatic rings. The van der Waals surface area contributed by atoms with E-state index in [4.69, 9.17) is 16.0 Å². The highest BCUT2D eigenvalue weighted by molar-refractivity contribution is 7.13. The van der Waals surface area contributed by atoms with Crippen LogP contribution in [0, 0.1) is 0 Å². The molecule has 0 bridgehead atoms. The van der Waals surface area contributed by atoms with Gasteiger partial charge in [0.05, 0.1) is 24.9 Å². The molecule has 6 heteroatoms. The number of hydrogen-bond acceptors (Lipinski definition) is 4. The van der Waals surface area contributed by atoms with E-state index in [1.807, 2.05) is 35.7 Å². The standard InChI is InChI=1S/C16H13ClN2O2S/c17-12-5-3-11(4-6-12)16-19-13(10-22-16)8-15(20)18-9-14-2-1-7-21-14/h1-7,10H,8-9H2,(H,18,20). The maximum absolute atomic E-state index is 11.9. The van der Waals surface area contributed by atoms with Gasteiger partial charge in [-0.05, 0) is 24.3 Å². The molecule has 0 aliphatic rings. The summed E-state index contributed by atoms with van der Waals surface area (Å²) in [5, 5.41) is 6.28. The number of thiazole rings is 1. The third-order valence-electron chi connectivity index (χ3n) is 3.02. The lowest BCUT2D eigenvalue weighted by Crippen LogP contribution is -2.24. The molecule has 0 aliphatic heterocycles. The van der Waals surface area contributed by atoms with Gasteiger partial charge in [0.2, 0.25) is 5.91 Å². The minimum absolute atomic E-state index is 0.0793. The predicted octanol–water partition coefficient (Wildman–Crippen LogP) is 3.92. The van der Waals surface area contributed by atoms with Crippen LogP contribution in [-0.4, -0.2) is 10.9 Å². The van der Waals surface area contributed by atoms with Gasteiger partial charge in [0, 0.05) is 16.0 Å². The quantitative estimate of drug-likeness (QED) is 0.770. The summed E-state index contributed by atoms with van der Waals surface area (Å²) in [6, 6.07) is 11.1. The fourth-order valence-corrected chi connectivity index (χ4v) is 2.89. The van der Waals surface area contributed by atoms with E-state index < -0.39 is 0 Å². The Balaban J connectivity index is 1.59. The van der Waals surface area contributed by atoms with Crippen LogP contribution in [0.25, 0.3) is 10.6 Å². The maximum Gasteiger partial charge on any atom is 0.226 e. The number of carbonyl (C=O) groups excluding carboxylic acids is 1. The number of benzene rings is 1. The molecule has 1 aromatic carbocycles. The number of furan rings is 1. The SMILES string of the molecule is O=C(Cc1csc(-c2ccc(Cl)cc2)n1)NCc1ccco1. The average Bonchev–Trinajstić information content (AvgIpc) is 3.17. The Morgan fingerprint density at radius 2 is 2.09 bits per heavy atom. The number of rotatable bonds is 5. The molecule has 0 saturated heterocycles. The van der Waals surface area contributed by atoms with E-state index in [2.05, 4.69) is 10.3 Å². The molecule has 3 rings (SSSR count). The van der Waals surface area contributed by atoms with E-state index in [1.54, 1.807) is 12.3 Å². The molecule has 0 atom stereocenters. The summed E-state index contributed by atoms with van der Waals surface area (Å²) in [4.78, 5) is 16.4. The molecule has 0 unspecified atom stereocenters. The van der Waals surface area contributed by atoms with Gasteiger partial charge in [0.15, 0.2) is 0 Å². The first-order valence-electron chi connectivity index (χ1n) is 6.70. The molecular weight excluding hydrogens is 320 g/mol. The van der Waals surface area contributed by atoms with Crippen molar-refractivity contribution in [1.29, 1.82) is 0 Å². The molecule has 4 nitrogen and oxygen atoms in total. The van der Waals surface area contributed by atoms with Crippen LogP contribution in [0.1, 0.15) is 11.5 Å². The summed E-state index contributed by atoms with van der Waals surface area (Å²) in [6.07, 6.45) is 1.84. The van der Waals surface area contributed by atoms with Crippen molar-refractivity contribution in [1.82, 2.24) is 10.3 Å². The van der Waals surface area contributed by atoms with Crippen molar-refractivity contribution in [2.45, 2.75) is 13.0 Å². The van der Waals surface area contributed by atoms with Crippen LogP contribution in [0.15, 0.2) is 52.5 Å². The number of aromatic nitrogens is 1. The van der Waals surface area contributed by atoms with Crippen molar-refractivity contribution in [3.8, 4) is 10.6 Å². The number of carbonyl (C=O) groups is 1. The van der Waals surface area contributed by atoms with Crippen molar-refractivity contribution in [3.05, 3.63) is 64.5 Å². The average molecular weight is 333 g/mol. The Kier molecular flexibility index (Phi) is 4.56. The normalized spacial score (nSPS) is 10.6. The lowest BCUT2D eigenvalue weighted by molar-refractivity contribution is -0.120. The van der Waals surface area contributed by atoms with E-state index in [9.17, 15) is 4.79 Å². The van der Waals surface area contributed by atoms with E-state index in [1.165, 1.54) is 11.3 Å². The van der Waals surface area contributed by atoms with Crippen LogP contribution in [0.4, 0.5) is 0 Å². The number of nitrogens with zero attached hydrogens (tertiary/aromatic N) is 1. The van der Waals surface area contributed by atoms with Gasteiger partial charge in [0.25, 0.3) is 0 Å². The second-order valence-electron chi connectivity index (χ2n) is 4.68. The van der Waals surface area contributed by atoms with E-state index >= 15 is 0 Å². The minimum atomic E-state index is -0.0793. The zero-order valence-corrected chi connectivity index (χ0v) is 13.2. The summed E-state index contributed by atoms with van der Waals surface area (Å²) < 4.78 is 5.17. The highest BCUT2D eigenvalue weighted by atomic mass is 35.5. The summed E-state index contributed by atoms with van der Waals surface area (Å²) in [7, 11) is 0. The van der Waals surface area contributed by atoms with E-state index in [0.717, 1.165) is 22.0 Å². The van der Waals surface area contributed by atoms with Gasteiger partial charge in [-0.1, -0.05) is 23.7 Å². The zero-order valence-electron chi connectivity index (χ0n) is 11.6. The third kappa shape index (κ3) is 3.75. The Hall–Kier alpha value is -2.11. The van der Waals surface area contributed by atoms with Gasteiger partial charge in [-0.3, -0.25) is 4.79 Å². The molecule has 2 heterocycles. The van der Waals surface area contributed by atoms with Crippen LogP contribution >= 0.6 is 22.9 Å². The van der Waals surface area contributed by atoms with Crippen LogP contribution in [-0.2, 0) is 17.8 Å². The fourth-order valence-electron chi connectivity index (χ4n) is 1.94. The van der Waals surface area contributed by atoms with Gasteiger partial charge >= 0.3 is 0 Å². The van der Waals surface area contributed by atoms with Gasteiger partial charge in [-0.25, -0.2) is 4.98 Å². The Morgan fingerprint density at radius 1 is 1.27 bits per heavy atom. The van der Waals surface area contributed by atoms with E-state index in [-0.39, 0.29) is 12.3 Å². The summed E-state index contributed by atoms with van der Waals surface area (Å²) in [5.74, 6) is 0.651. The molecule has 0 aliphatic carbocycles. The first-order chi connectivity index (χ1) is 10.7. The third-order valence-corrected chi connectivity index (χ3v) is 4.22. The molecule has 1 N–H and O–H groups in total. The first kappa shape index (κ1) is 14.8. The number of hydrogen-bond donors (Lipinski definition) is 1. The molecule has 1 amide bonds. The molecule has 22 heavy (non-hydrogen) atoms. The van der Waals surface area contributed by atoms with Crippen molar-refractivity contribution < 1.29 is 9.21 Å². The van der Waals surface area contributed by atoms with Crippen molar-refractivity contribution in [2.24, 2.45) is 0 Å². The van der Waals surface area contributed by atoms with Crippen LogP contribution < -0.4 is 5.32 Å². The topological polar surface area (TPSA) is 55.1 Å². The summed E-state index contributed by atoms with van der Waals surface area (Å²) >= 11 is 7.39.